The van der Waals surface area contributed by atoms with E-state index in [1.165, 1.54) is 40.3 Å². The fourth-order valence-corrected chi connectivity index (χ4v) is 10.4. The Balaban J connectivity index is 0.997. The van der Waals surface area contributed by atoms with Crippen molar-refractivity contribution in [1.29, 1.82) is 0 Å². The molecule has 0 aliphatic carbocycles. The number of anilines is 3. The van der Waals surface area contributed by atoms with Gasteiger partial charge in [0.2, 0.25) is 5.89 Å². The van der Waals surface area contributed by atoms with Crippen molar-refractivity contribution >= 4 is 113 Å². The summed E-state index contributed by atoms with van der Waals surface area (Å²) in [7, 11) is 0. The van der Waals surface area contributed by atoms with Gasteiger partial charge in [0.05, 0.1) is 5.39 Å². The van der Waals surface area contributed by atoms with E-state index in [0.717, 1.165) is 66.8 Å². The first-order valence-electron chi connectivity index (χ1n) is 18.3. The van der Waals surface area contributed by atoms with E-state index in [-0.39, 0.29) is 0 Å². The molecule has 0 aliphatic heterocycles. The van der Waals surface area contributed by atoms with Gasteiger partial charge in [-0.3, -0.25) is 0 Å². The second kappa shape index (κ2) is 11.9. The molecule has 0 aliphatic rings. The van der Waals surface area contributed by atoms with Crippen molar-refractivity contribution in [2.45, 2.75) is 0 Å². The molecule has 4 heterocycles. The summed E-state index contributed by atoms with van der Waals surface area (Å²) < 4.78 is 18.0. The van der Waals surface area contributed by atoms with Gasteiger partial charge in [-0.2, -0.15) is 0 Å². The third-order valence-corrected chi connectivity index (χ3v) is 13.0. The van der Waals surface area contributed by atoms with E-state index in [4.69, 9.17) is 13.8 Å². The average Bonchev–Trinajstić information content (AvgIpc) is 4.02. The van der Waals surface area contributed by atoms with Crippen molar-refractivity contribution < 1.29 is 8.83 Å². The van der Waals surface area contributed by atoms with E-state index in [9.17, 15) is 0 Å². The summed E-state index contributed by atoms with van der Waals surface area (Å²) in [5, 5.41) is 7.14. The van der Waals surface area contributed by atoms with Crippen LogP contribution in [0.2, 0.25) is 0 Å². The summed E-state index contributed by atoms with van der Waals surface area (Å²) in [4.78, 5) is 7.34. The highest BCUT2D eigenvalue weighted by atomic mass is 32.1. The van der Waals surface area contributed by atoms with E-state index >= 15 is 0 Å². The predicted molar refractivity (Wildman–Crippen MR) is 233 cm³/mol. The molecule has 0 spiro atoms. The van der Waals surface area contributed by atoms with Gasteiger partial charge in [0.25, 0.3) is 0 Å². The molecule has 0 saturated heterocycles. The zero-order valence-electron chi connectivity index (χ0n) is 29.2. The molecule has 4 aromatic heterocycles. The first-order chi connectivity index (χ1) is 27.2. The molecule has 6 heteroatoms. The van der Waals surface area contributed by atoms with E-state index < -0.39 is 0 Å². The van der Waals surface area contributed by atoms with Gasteiger partial charge in [-0.25, -0.2) is 4.98 Å². The fourth-order valence-electron chi connectivity index (χ4n) is 8.15. The molecule has 0 bridgehead atoms. The molecule has 55 heavy (non-hydrogen) atoms. The molecule has 0 fully saturated rings. The maximum Gasteiger partial charge on any atom is 0.227 e. The van der Waals surface area contributed by atoms with Gasteiger partial charge in [-0.15, -0.1) is 22.7 Å². The Labute approximate surface area is 322 Å². The Kier molecular flexibility index (Phi) is 6.64. The van der Waals surface area contributed by atoms with E-state index in [0.29, 0.717) is 5.89 Å². The minimum atomic E-state index is 0.603. The van der Waals surface area contributed by atoms with Crippen molar-refractivity contribution in [2.75, 3.05) is 4.90 Å². The summed E-state index contributed by atoms with van der Waals surface area (Å²) in [5.74, 6) is 0.603. The van der Waals surface area contributed by atoms with Crippen LogP contribution in [0.1, 0.15) is 0 Å². The summed E-state index contributed by atoms with van der Waals surface area (Å²) in [5.41, 5.74) is 9.56. The second-order valence-corrected chi connectivity index (χ2v) is 16.1. The molecule has 0 saturated carbocycles. The second-order valence-electron chi connectivity index (χ2n) is 13.9. The Morgan fingerprint density at radius 3 is 1.89 bits per heavy atom. The van der Waals surface area contributed by atoms with Gasteiger partial charge in [0.15, 0.2) is 5.58 Å². The van der Waals surface area contributed by atoms with Crippen molar-refractivity contribution in [3.05, 3.63) is 170 Å². The standard InChI is InChI=1S/C49H28N2O2S2/c1-2-9-30(10-3-1)49-50-47-41(53-49)25-24-40-46(47)38-14-8-13-34(48(38)52-40)29-17-19-31(20-18-29)51(32-22-26-44-39(27-32)36-12-5-7-16-43(36)54-44)33-21-23-37-35-11-4-6-15-42(35)55-45(37)28-33/h1-28H. The molecular formula is C49H28N2O2S2. The maximum atomic E-state index is 6.62. The van der Waals surface area contributed by atoms with Crippen LogP contribution in [0.5, 0.6) is 0 Å². The molecule has 0 unspecified atom stereocenters. The van der Waals surface area contributed by atoms with E-state index in [1.807, 2.05) is 65.1 Å². The van der Waals surface area contributed by atoms with Gasteiger partial charge < -0.3 is 13.7 Å². The lowest BCUT2D eigenvalue weighted by Crippen LogP contribution is -2.09. The van der Waals surface area contributed by atoms with Crippen LogP contribution in [0.4, 0.5) is 17.1 Å². The third-order valence-electron chi connectivity index (χ3n) is 10.7. The molecule has 12 aromatic rings. The minimum Gasteiger partial charge on any atom is -0.455 e. The quantitative estimate of drug-likeness (QED) is 0.176. The Morgan fingerprint density at radius 2 is 1.05 bits per heavy atom. The first kappa shape index (κ1) is 30.7. The molecule has 0 atom stereocenters. The van der Waals surface area contributed by atoms with Crippen LogP contribution >= 0.6 is 22.7 Å². The third kappa shape index (κ3) is 4.79. The number of fused-ring (bicyclic) bond motifs is 11. The summed E-state index contributed by atoms with van der Waals surface area (Å²) in [6, 6.07) is 60.3. The lowest BCUT2D eigenvalue weighted by molar-refractivity contribution is 0.619. The molecule has 4 nitrogen and oxygen atoms in total. The number of furan rings is 1. The maximum absolute atomic E-state index is 6.62. The predicted octanol–water partition coefficient (Wildman–Crippen LogP) is 15.3. The topological polar surface area (TPSA) is 42.4 Å². The van der Waals surface area contributed by atoms with Gasteiger partial charge in [0.1, 0.15) is 16.7 Å². The highest BCUT2D eigenvalue weighted by molar-refractivity contribution is 7.26. The lowest BCUT2D eigenvalue weighted by atomic mass is 10.0. The number of aromatic nitrogens is 1. The van der Waals surface area contributed by atoms with E-state index in [2.05, 4.69) is 132 Å². The molecule has 0 N–H and O–H groups in total. The van der Waals surface area contributed by atoms with Gasteiger partial charge in [-0.05, 0) is 84.4 Å². The highest BCUT2D eigenvalue weighted by Crippen LogP contribution is 2.45. The first-order valence-corrected chi connectivity index (χ1v) is 19.9. The number of benzene rings is 8. The summed E-state index contributed by atoms with van der Waals surface area (Å²) in [6.45, 7) is 0. The van der Waals surface area contributed by atoms with Gasteiger partial charge in [0, 0.05) is 73.9 Å². The number of oxazole rings is 1. The number of thiophene rings is 2. The molecule has 12 rings (SSSR count). The van der Waals surface area contributed by atoms with Crippen LogP contribution in [0.3, 0.4) is 0 Å². The molecule has 0 radical (unpaired) electrons. The SMILES string of the molecule is c1ccc(-c2nc3c(ccc4oc5c(-c6ccc(N(c7ccc8c(c7)sc7ccccc78)c7ccc8sc9ccccc9c8c7)cc6)cccc5c43)o2)cc1. The number of para-hydroxylation sites is 1. The smallest absolute Gasteiger partial charge is 0.227 e. The van der Waals surface area contributed by atoms with Crippen molar-refractivity contribution in [2.24, 2.45) is 0 Å². The Bertz CT molecular complexity index is 3440. The van der Waals surface area contributed by atoms with Gasteiger partial charge in [-0.1, -0.05) is 91.0 Å². The number of hydrogen-bond donors (Lipinski definition) is 0. The van der Waals surface area contributed by atoms with Crippen LogP contribution in [-0.2, 0) is 0 Å². The normalized spacial score (nSPS) is 12.0. The van der Waals surface area contributed by atoms with Crippen LogP contribution in [0.15, 0.2) is 179 Å². The zero-order valence-corrected chi connectivity index (χ0v) is 30.8. The highest BCUT2D eigenvalue weighted by Gasteiger charge is 2.20. The molecule has 8 aromatic carbocycles. The lowest BCUT2D eigenvalue weighted by Gasteiger charge is -2.26. The van der Waals surface area contributed by atoms with Crippen LogP contribution in [0, 0.1) is 0 Å². The summed E-state index contributed by atoms with van der Waals surface area (Å²) in [6.07, 6.45) is 0. The Hall–Kier alpha value is -6.73. The summed E-state index contributed by atoms with van der Waals surface area (Å²) >= 11 is 3.69. The van der Waals surface area contributed by atoms with Crippen LogP contribution in [0.25, 0.3) is 96.0 Å². The molecule has 258 valence electrons. The molecule has 0 amide bonds. The van der Waals surface area contributed by atoms with Crippen molar-refractivity contribution in [1.82, 2.24) is 4.98 Å². The largest absolute Gasteiger partial charge is 0.455 e. The van der Waals surface area contributed by atoms with Crippen molar-refractivity contribution in [3.63, 3.8) is 0 Å². The fraction of sp³-hybridized carbons (Fsp3) is 0. The van der Waals surface area contributed by atoms with E-state index in [1.54, 1.807) is 0 Å². The minimum absolute atomic E-state index is 0.603. The van der Waals surface area contributed by atoms with Crippen molar-refractivity contribution in [3.8, 4) is 22.6 Å². The molecular weight excluding hydrogens is 713 g/mol. The van der Waals surface area contributed by atoms with Gasteiger partial charge >= 0.3 is 0 Å². The average molecular weight is 741 g/mol. The number of hydrogen-bond acceptors (Lipinski definition) is 6. The number of nitrogens with zero attached hydrogens (tertiary/aromatic N) is 2. The monoisotopic (exact) mass is 740 g/mol. The number of rotatable bonds is 5. The van der Waals surface area contributed by atoms with Crippen LogP contribution < -0.4 is 4.90 Å². The zero-order chi connectivity index (χ0) is 36.0. The Morgan fingerprint density at radius 1 is 0.418 bits per heavy atom. The van der Waals surface area contributed by atoms with Crippen LogP contribution in [-0.4, -0.2) is 4.98 Å².